The molecule has 3 rings (SSSR count). The van der Waals surface area contributed by atoms with E-state index >= 15 is 0 Å². The van der Waals surface area contributed by atoms with E-state index < -0.39 is 0 Å². The highest BCUT2D eigenvalue weighted by molar-refractivity contribution is 7.08. The van der Waals surface area contributed by atoms with Crippen molar-refractivity contribution in [3.63, 3.8) is 0 Å². The first-order chi connectivity index (χ1) is 9.70. The first-order valence-electron chi connectivity index (χ1n) is 6.39. The van der Waals surface area contributed by atoms with E-state index in [1.54, 1.807) is 11.8 Å². The number of methoxy groups -OCH3 is 1. The van der Waals surface area contributed by atoms with Crippen LogP contribution in [0.4, 0.5) is 0 Å². The lowest BCUT2D eigenvalue weighted by atomic mass is 9.98. The highest BCUT2D eigenvalue weighted by atomic mass is 32.1. The van der Waals surface area contributed by atoms with Gasteiger partial charge < -0.3 is 9.64 Å². The molecule has 0 radical (unpaired) electrons. The van der Waals surface area contributed by atoms with E-state index in [0.717, 1.165) is 17.0 Å². The van der Waals surface area contributed by atoms with Gasteiger partial charge in [0.25, 0.3) is 5.91 Å². The third kappa shape index (κ3) is 2.23. The number of amides is 1. The predicted octanol–water partition coefficient (Wildman–Crippen LogP) is 1.26. The molecule has 7 heteroatoms. The zero-order valence-electron chi connectivity index (χ0n) is 11.4. The second-order valence-electron chi connectivity index (χ2n) is 4.89. The van der Waals surface area contributed by atoms with Crippen molar-refractivity contribution < 1.29 is 9.53 Å². The van der Waals surface area contributed by atoms with Crippen LogP contribution in [0.5, 0.6) is 0 Å². The number of rotatable bonds is 3. The lowest BCUT2D eigenvalue weighted by Crippen LogP contribution is -2.40. The van der Waals surface area contributed by atoms with Crippen molar-refractivity contribution in [3.05, 3.63) is 33.8 Å². The van der Waals surface area contributed by atoms with Crippen LogP contribution < -0.4 is 0 Å². The van der Waals surface area contributed by atoms with Gasteiger partial charge in [0.15, 0.2) is 0 Å². The molecule has 6 nitrogen and oxygen atoms in total. The van der Waals surface area contributed by atoms with Crippen molar-refractivity contribution in [1.82, 2.24) is 19.9 Å². The van der Waals surface area contributed by atoms with E-state index in [-0.39, 0.29) is 11.8 Å². The molecule has 3 heterocycles. The number of aryl methyl sites for hydroxylation is 1. The van der Waals surface area contributed by atoms with E-state index in [1.807, 2.05) is 28.8 Å². The van der Waals surface area contributed by atoms with Crippen LogP contribution in [0.1, 0.15) is 27.7 Å². The van der Waals surface area contributed by atoms with Crippen LogP contribution in [-0.4, -0.2) is 46.1 Å². The van der Waals surface area contributed by atoms with Gasteiger partial charge in [-0.1, -0.05) is 5.21 Å². The number of carbonyl (C=O) groups is 1. The van der Waals surface area contributed by atoms with Gasteiger partial charge in [0.05, 0.1) is 24.4 Å². The third-order valence-corrected chi connectivity index (χ3v) is 4.22. The fourth-order valence-corrected chi connectivity index (χ4v) is 3.30. The number of fused-ring (bicyclic) bond motifs is 1. The quantitative estimate of drug-likeness (QED) is 0.854. The molecule has 0 saturated heterocycles. The van der Waals surface area contributed by atoms with E-state index in [0.29, 0.717) is 19.7 Å². The molecule has 0 bridgehead atoms. The summed E-state index contributed by atoms with van der Waals surface area (Å²) in [5, 5.41) is 12.0. The second-order valence-corrected chi connectivity index (χ2v) is 5.67. The van der Waals surface area contributed by atoms with Crippen LogP contribution in [0.15, 0.2) is 16.8 Å². The van der Waals surface area contributed by atoms with Gasteiger partial charge >= 0.3 is 0 Å². The SMILES string of the molecule is COC[C@@H]1CN(C(=O)c2ccsc2)Cc2nnn(C)c21. The molecule has 1 aliphatic rings. The minimum atomic E-state index is 0.0451. The molecule has 2 aromatic heterocycles. The molecule has 2 aromatic rings. The molecule has 0 N–H and O–H groups in total. The van der Waals surface area contributed by atoms with Crippen molar-refractivity contribution in [2.75, 3.05) is 20.3 Å². The summed E-state index contributed by atoms with van der Waals surface area (Å²) in [5.74, 6) is 0.162. The van der Waals surface area contributed by atoms with Crippen LogP contribution in [0, 0.1) is 0 Å². The number of carbonyl (C=O) groups excluding carboxylic acids is 1. The Balaban J connectivity index is 1.88. The van der Waals surface area contributed by atoms with Crippen LogP contribution in [0.25, 0.3) is 0 Å². The highest BCUT2D eigenvalue weighted by Crippen LogP contribution is 2.27. The Morgan fingerprint density at radius 2 is 2.45 bits per heavy atom. The summed E-state index contributed by atoms with van der Waals surface area (Å²) < 4.78 is 7.06. The van der Waals surface area contributed by atoms with Crippen molar-refractivity contribution in [2.24, 2.45) is 7.05 Å². The third-order valence-electron chi connectivity index (χ3n) is 3.54. The number of hydrogen-bond acceptors (Lipinski definition) is 5. The van der Waals surface area contributed by atoms with Crippen molar-refractivity contribution in [3.8, 4) is 0 Å². The summed E-state index contributed by atoms with van der Waals surface area (Å²) >= 11 is 1.53. The molecule has 1 aliphatic heterocycles. The van der Waals surface area contributed by atoms with Gasteiger partial charge in [-0.15, -0.1) is 5.10 Å². The Labute approximate surface area is 121 Å². The van der Waals surface area contributed by atoms with Crippen LogP contribution in [0.3, 0.4) is 0 Å². The summed E-state index contributed by atoms with van der Waals surface area (Å²) in [4.78, 5) is 14.3. The average molecular weight is 292 g/mol. The minimum absolute atomic E-state index is 0.0451. The molecule has 106 valence electrons. The Bertz CT molecular complexity index is 608. The van der Waals surface area contributed by atoms with E-state index in [9.17, 15) is 4.79 Å². The average Bonchev–Trinajstić information content (AvgIpc) is 3.08. The molecule has 1 amide bonds. The fraction of sp³-hybridized carbons (Fsp3) is 0.462. The summed E-state index contributed by atoms with van der Waals surface area (Å²) in [6, 6.07) is 1.85. The summed E-state index contributed by atoms with van der Waals surface area (Å²) in [5.41, 5.74) is 2.67. The molecule has 0 fully saturated rings. The first-order valence-corrected chi connectivity index (χ1v) is 7.34. The lowest BCUT2D eigenvalue weighted by Gasteiger charge is -2.31. The molecular formula is C13H16N4O2S. The topological polar surface area (TPSA) is 60.2 Å². The molecule has 0 aliphatic carbocycles. The smallest absolute Gasteiger partial charge is 0.255 e. The molecule has 0 aromatic carbocycles. The number of hydrogen-bond donors (Lipinski definition) is 0. The van der Waals surface area contributed by atoms with Crippen molar-refractivity contribution in [1.29, 1.82) is 0 Å². The van der Waals surface area contributed by atoms with Gasteiger partial charge in [0, 0.05) is 32.0 Å². The van der Waals surface area contributed by atoms with Gasteiger partial charge in [-0.05, 0) is 11.4 Å². The van der Waals surface area contributed by atoms with Gasteiger partial charge in [-0.3, -0.25) is 9.48 Å². The van der Waals surface area contributed by atoms with Crippen LogP contribution in [-0.2, 0) is 18.3 Å². The number of thiophene rings is 1. The Morgan fingerprint density at radius 3 is 3.15 bits per heavy atom. The summed E-state index contributed by atoms with van der Waals surface area (Å²) in [7, 11) is 3.55. The monoisotopic (exact) mass is 292 g/mol. The Kier molecular flexibility index (Phi) is 3.54. The molecule has 0 unspecified atom stereocenters. The molecular weight excluding hydrogens is 276 g/mol. The predicted molar refractivity (Wildman–Crippen MR) is 74.7 cm³/mol. The largest absolute Gasteiger partial charge is 0.384 e. The van der Waals surface area contributed by atoms with E-state index in [1.165, 1.54) is 11.3 Å². The van der Waals surface area contributed by atoms with Crippen LogP contribution in [0.2, 0.25) is 0 Å². The van der Waals surface area contributed by atoms with Gasteiger partial charge in [-0.2, -0.15) is 11.3 Å². The highest BCUT2D eigenvalue weighted by Gasteiger charge is 2.32. The van der Waals surface area contributed by atoms with E-state index in [4.69, 9.17) is 4.74 Å². The normalized spacial score (nSPS) is 18.1. The number of ether oxygens (including phenoxy) is 1. The van der Waals surface area contributed by atoms with Gasteiger partial charge in [0.1, 0.15) is 5.69 Å². The first kappa shape index (κ1) is 13.3. The van der Waals surface area contributed by atoms with Crippen molar-refractivity contribution >= 4 is 17.2 Å². The fourth-order valence-electron chi connectivity index (χ4n) is 2.67. The van der Waals surface area contributed by atoms with Gasteiger partial charge in [-0.25, -0.2) is 0 Å². The second kappa shape index (κ2) is 5.34. The summed E-state index contributed by atoms with van der Waals surface area (Å²) in [6.45, 7) is 1.70. The Hall–Kier alpha value is -1.73. The summed E-state index contributed by atoms with van der Waals surface area (Å²) in [6.07, 6.45) is 0. The maximum absolute atomic E-state index is 12.5. The van der Waals surface area contributed by atoms with Crippen molar-refractivity contribution in [2.45, 2.75) is 12.5 Å². The standard InChI is InChI=1S/C13H16N4O2S/c1-16-12-10(7-19-2)5-17(6-11(12)14-15-16)13(18)9-3-4-20-8-9/h3-4,8,10H,5-7H2,1-2H3/t10-/m0/s1. The van der Waals surface area contributed by atoms with E-state index in [2.05, 4.69) is 10.3 Å². The molecule has 20 heavy (non-hydrogen) atoms. The maximum Gasteiger partial charge on any atom is 0.255 e. The zero-order valence-corrected chi connectivity index (χ0v) is 12.3. The molecule has 0 saturated carbocycles. The van der Waals surface area contributed by atoms with Crippen LogP contribution >= 0.6 is 11.3 Å². The zero-order chi connectivity index (χ0) is 14.1. The number of nitrogens with zero attached hydrogens (tertiary/aromatic N) is 4. The Morgan fingerprint density at radius 1 is 1.60 bits per heavy atom. The lowest BCUT2D eigenvalue weighted by molar-refractivity contribution is 0.0673. The molecule has 0 spiro atoms. The maximum atomic E-state index is 12.5. The molecule has 1 atom stereocenters. The number of aromatic nitrogens is 3. The minimum Gasteiger partial charge on any atom is -0.384 e. The van der Waals surface area contributed by atoms with Gasteiger partial charge in [0.2, 0.25) is 0 Å².